The quantitative estimate of drug-likeness (QED) is 0.510. The zero-order chi connectivity index (χ0) is 24.3. The van der Waals surface area contributed by atoms with Crippen molar-refractivity contribution in [2.45, 2.75) is 37.1 Å². The van der Waals surface area contributed by atoms with E-state index in [1.54, 1.807) is 37.1 Å². The molecule has 1 unspecified atom stereocenters. The number of nitrogens with one attached hydrogen (secondary N) is 1. The average Bonchev–Trinajstić information content (AvgIpc) is 3.07. The highest BCUT2D eigenvalue weighted by molar-refractivity contribution is 7.93. The predicted octanol–water partition coefficient (Wildman–Crippen LogP) is 3.33. The third kappa shape index (κ3) is 4.50. The smallest absolute Gasteiger partial charge is 0.265 e. The van der Waals surface area contributed by atoms with Gasteiger partial charge in [-0.05, 0) is 42.8 Å². The summed E-state index contributed by atoms with van der Waals surface area (Å²) >= 11 is 0. The topological polar surface area (TPSA) is 86.8 Å². The number of nitrogens with zero attached hydrogens (tertiary/aromatic N) is 2. The molecule has 0 aliphatic carbocycles. The molecule has 1 atom stereocenters. The van der Waals surface area contributed by atoms with Crippen molar-refractivity contribution in [1.29, 1.82) is 0 Å². The van der Waals surface area contributed by atoms with Crippen LogP contribution >= 0.6 is 0 Å². The first kappa shape index (κ1) is 23.8. The van der Waals surface area contributed by atoms with E-state index >= 15 is 0 Å². The summed E-state index contributed by atoms with van der Waals surface area (Å²) in [5, 5.41) is 4.22. The van der Waals surface area contributed by atoms with Crippen molar-refractivity contribution in [3.8, 4) is 0 Å². The van der Waals surface area contributed by atoms with Crippen molar-refractivity contribution < 1.29 is 18.0 Å². The van der Waals surface area contributed by atoms with Gasteiger partial charge in [0.05, 0.1) is 10.6 Å². The van der Waals surface area contributed by atoms with Gasteiger partial charge in [-0.2, -0.15) is 0 Å². The van der Waals surface area contributed by atoms with Crippen molar-refractivity contribution in [3.05, 3.63) is 72.3 Å². The second kappa shape index (κ2) is 9.85. The third-order valence-corrected chi connectivity index (χ3v) is 8.19. The number of hydrogen-bond donors (Lipinski definition) is 1. The molecule has 0 spiro atoms. The minimum absolute atomic E-state index is 0.147. The summed E-state index contributed by atoms with van der Waals surface area (Å²) in [6.45, 7) is 2.32. The van der Waals surface area contributed by atoms with Crippen LogP contribution in [0.1, 0.15) is 25.3 Å². The Balaban J connectivity index is 1.45. The number of sulfonamides is 1. The summed E-state index contributed by atoms with van der Waals surface area (Å²) in [7, 11) is -2.10. The zero-order valence-corrected chi connectivity index (χ0v) is 20.2. The first-order chi connectivity index (χ1) is 16.3. The summed E-state index contributed by atoms with van der Waals surface area (Å²) in [6, 6.07) is 20.0. The van der Waals surface area contributed by atoms with Crippen LogP contribution in [0.2, 0.25) is 0 Å². The van der Waals surface area contributed by atoms with E-state index in [2.05, 4.69) is 5.32 Å². The molecule has 1 aliphatic heterocycles. The van der Waals surface area contributed by atoms with Crippen molar-refractivity contribution in [3.63, 3.8) is 0 Å². The fourth-order valence-corrected chi connectivity index (χ4v) is 6.24. The molecule has 7 nitrogen and oxygen atoms in total. The third-order valence-electron chi connectivity index (χ3n) is 6.33. The summed E-state index contributed by atoms with van der Waals surface area (Å²) in [6.07, 6.45) is 1.13. The van der Waals surface area contributed by atoms with Crippen LogP contribution in [0.15, 0.2) is 71.6 Å². The van der Waals surface area contributed by atoms with E-state index in [0.29, 0.717) is 30.0 Å². The minimum Gasteiger partial charge on any atom is -0.357 e. The second-order valence-electron chi connectivity index (χ2n) is 8.43. The van der Waals surface area contributed by atoms with Gasteiger partial charge in [-0.3, -0.25) is 13.9 Å². The number of benzene rings is 3. The fourth-order valence-electron chi connectivity index (χ4n) is 4.50. The van der Waals surface area contributed by atoms with Crippen LogP contribution in [0.5, 0.6) is 0 Å². The number of carbonyl (C=O) groups excluding carboxylic acids is 2. The maximum atomic E-state index is 13.1. The lowest BCUT2D eigenvalue weighted by atomic mass is 10.1. The van der Waals surface area contributed by atoms with Crippen molar-refractivity contribution in [2.75, 3.05) is 24.4 Å². The first-order valence-electron chi connectivity index (χ1n) is 11.4. The van der Waals surface area contributed by atoms with Gasteiger partial charge in [0.25, 0.3) is 10.0 Å². The molecule has 3 aromatic rings. The molecular formula is C26H29N3O4S. The van der Waals surface area contributed by atoms with E-state index in [4.69, 9.17) is 0 Å². The van der Waals surface area contributed by atoms with Gasteiger partial charge in [-0.1, -0.05) is 54.6 Å². The van der Waals surface area contributed by atoms with E-state index in [9.17, 15) is 18.0 Å². The van der Waals surface area contributed by atoms with Crippen LogP contribution < -0.4 is 9.62 Å². The Morgan fingerprint density at radius 2 is 1.71 bits per heavy atom. The molecule has 34 heavy (non-hydrogen) atoms. The van der Waals surface area contributed by atoms with E-state index in [-0.39, 0.29) is 24.8 Å². The summed E-state index contributed by atoms with van der Waals surface area (Å²) in [4.78, 5) is 27.3. The number of anilines is 1. The molecule has 0 radical (unpaired) electrons. The van der Waals surface area contributed by atoms with Crippen LogP contribution in [0.4, 0.5) is 5.69 Å². The Labute approximate surface area is 200 Å². The predicted molar refractivity (Wildman–Crippen MR) is 133 cm³/mol. The Bertz CT molecular complexity index is 1300. The van der Waals surface area contributed by atoms with Gasteiger partial charge in [0, 0.05) is 31.9 Å². The van der Waals surface area contributed by atoms with E-state index in [1.807, 2.05) is 48.5 Å². The maximum absolute atomic E-state index is 13.1. The van der Waals surface area contributed by atoms with Gasteiger partial charge in [0.1, 0.15) is 6.04 Å². The number of amides is 2. The first-order valence-corrected chi connectivity index (χ1v) is 12.9. The second-order valence-corrected chi connectivity index (χ2v) is 10.3. The lowest BCUT2D eigenvalue weighted by Crippen LogP contribution is -2.48. The molecule has 0 bridgehead atoms. The van der Waals surface area contributed by atoms with E-state index < -0.39 is 16.1 Å². The highest BCUT2D eigenvalue weighted by atomic mass is 32.2. The number of rotatable bonds is 9. The monoisotopic (exact) mass is 479 g/mol. The van der Waals surface area contributed by atoms with Crippen LogP contribution in [-0.2, 0) is 26.0 Å². The van der Waals surface area contributed by atoms with E-state index in [0.717, 1.165) is 16.3 Å². The lowest BCUT2D eigenvalue weighted by Gasteiger charge is -2.28. The number of carbonyl (C=O) groups is 2. The molecule has 1 heterocycles. The van der Waals surface area contributed by atoms with Crippen molar-refractivity contribution >= 4 is 38.3 Å². The zero-order valence-electron chi connectivity index (χ0n) is 19.4. The number of likely N-dealkylation sites (N-methyl/N-ethyl adjacent to an activating group) is 1. The molecule has 0 aromatic heterocycles. The van der Waals surface area contributed by atoms with Gasteiger partial charge >= 0.3 is 0 Å². The molecule has 1 aliphatic rings. The Kier molecular flexibility index (Phi) is 6.88. The van der Waals surface area contributed by atoms with Crippen LogP contribution in [0, 0.1) is 0 Å². The fraction of sp³-hybridized carbons (Fsp3) is 0.308. The summed E-state index contributed by atoms with van der Waals surface area (Å²) in [5.41, 5.74) is 1.73. The highest BCUT2D eigenvalue weighted by Crippen LogP contribution is 2.41. The lowest BCUT2D eigenvalue weighted by molar-refractivity contribution is -0.139. The molecule has 4 rings (SSSR count). The molecule has 0 saturated carbocycles. The average molecular weight is 480 g/mol. The largest absolute Gasteiger partial charge is 0.357 e. The molecule has 3 aromatic carbocycles. The standard InChI is InChI=1S/C26H29N3O4S/c1-19(26(31)27-2)28(18-16-20-9-4-3-5-10-20)24(30)15-8-17-29-22-13-6-11-21-12-7-14-23(25(21)22)34(29,32)33/h3-7,9-14,19H,8,15-18H2,1-2H3,(H,27,31). The molecule has 0 fully saturated rings. The van der Waals surface area contributed by atoms with Gasteiger partial charge in [0.15, 0.2) is 0 Å². The molecular weight excluding hydrogens is 450 g/mol. The van der Waals surface area contributed by atoms with Crippen LogP contribution in [0.25, 0.3) is 10.8 Å². The highest BCUT2D eigenvalue weighted by Gasteiger charge is 2.35. The Hall–Kier alpha value is -3.39. The summed E-state index contributed by atoms with van der Waals surface area (Å²) in [5.74, 6) is -0.398. The van der Waals surface area contributed by atoms with Gasteiger partial charge in [0.2, 0.25) is 11.8 Å². The van der Waals surface area contributed by atoms with Gasteiger partial charge in [-0.15, -0.1) is 0 Å². The van der Waals surface area contributed by atoms with Crippen LogP contribution in [0.3, 0.4) is 0 Å². The van der Waals surface area contributed by atoms with Crippen LogP contribution in [-0.4, -0.2) is 51.3 Å². The molecule has 0 saturated heterocycles. The maximum Gasteiger partial charge on any atom is 0.265 e. The Morgan fingerprint density at radius 1 is 1.00 bits per heavy atom. The normalized spacial score (nSPS) is 14.7. The number of hydrogen-bond acceptors (Lipinski definition) is 4. The van der Waals surface area contributed by atoms with Crippen molar-refractivity contribution in [1.82, 2.24) is 10.2 Å². The minimum atomic E-state index is -3.65. The molecule has 2 amide bonds. The van der Waals surface area contributed by atoms with E-state index in [1.165, 1.54) is 4.31 Å². The van der Waals surface area contributed by atoms with Gasteiger partial charge in [-0.25, -0.2) is 8.42 Å². The summed E-state index contributed by atoms with van der Waals surface area (Å²) < 4.78 is 27.7. The van der Waals surface area contributed by atoms with Gasteiger partial charge < -0.3 is 10.2 Å². The SMILES string of the molecule is CNC(=O)C(C)N(CCc1ccccc1)C(=O)CCCN1c2cccc3cccc(c23)S1(=O)=O. The van der Waals surface area contributed by atoms with Crippen molar-refractivity contribution in [2.24, 2.45) is 0 Å². The molecule has 1 N–H and O–H groups in total. The molecule has 8 heteroatoms. The molecule has 178 valence electrons. The Morgan fingerprint density at radius 3 is 2.41 bits per heavy atom.